The Morgan fingerprint density at radius 1 is 1.71 bits per heavy atom. The predicted octanol–water partition coefficient (Wildman–Crippen LogP) is 1.27. The van der Waals surface area contributed by atoms with E-state index in [-0.39, 0.29) is 10.6 Å². The molecule has 2 heterocycles. The van der Waals surface area contributed by atoms with Crippen LogP contribution in [-0.2, 0) is 0 Å². The van der Waals surface area contributed by atoms with Crippen LogP contribution in [0, 0.1) is 5.92 Å². The van der Waals surface area contributed by atoms with Gasteiger partial charge in [0.25, 0.3) is 5.56 Å². The quantitative estimate of drug-likeness (QED) is 0.765. The van der Waals surface area contributed by atoms with Gasteiger partial charge in [-0.2, -0.15) is 5.10 Å². The largest absolute Gasteiger partial charge is 0.369 e. The Labute approximate surface area is 86.9 Å². The minimum atomic E-state index is -0.316. The summed E-state index contributed by atoms with van der Waals surface area (Å²) >= 11 is 5.90. The van der Waals surface area contributed by atoms with Crippen LogP contribution in [0.15, 0.2) is 11.0 Å². The number of nitrogens with one attached hydrogen (secondary N) is 1. The number of hydrogen-bond donors (Lipinski definition) is 1. The maximum atomic E-state index is 11.2. The van der Waals surface area contributed by atoms with Crippen molar-refractivity contribution in [1.29, 1.82) is 0 Å². The van der Waals surface area contributed by atoms with Gasteiger partial charge in [-0.05, 0) is 12.3 Å². The van der Waals surface area contributed by atoms with Crippen LogP contribution in [0.4, 0.5) is 5.69 Å². The van der Waals surface area contributed by atoms with Gasteiger partial charge in [-0.25, -0.2) is 5.10 Å². The lowest BCUT2D eigenvalue weighted by Gasteiger charge is -2.17. The third kappa shape index (κ3) is 1.62. The van der Waals surface area contributed by atoms with E-state index in [0.717, 1.165) is 25.2 Å². The highest BCUT2D eigenvalue weighted by molar-refractivity contribution is 6.33. The van der Waals surface area contributed by atoms with Gasteiger partial charge in [0.2, 0.25) is 0 Å². The summed E-state index contributed by atoms with van der Waals surface area (Å²) in [5.41, 5.74) is 0.434. The minimum absolute atomic E-state index is 0.245. The van der Waals surface area contributed by atoms with Crippen LogP contribution in [0.5, 0.6) is 0 Å². The lowest BCUT2D eigenvalue weighted by molar-refractivity contribution is 0.659. The first-order valence-corrected chi connectivity index (χ1v) is 5.04. The molecule has 0 radical (unpaired) electrons. The molecule has 1 atom stereocenters. The van der Waals surface area contributed by atoms with E-state index in [2.05, 4.69) is 22.0 Å². The molecule has 2 rings (SSSR count). The third-order valence-corrected chi connectivity index (χ3v) is 2.91. The maximum Gasteiger partial charge on any atom is 0.285 e. The average molecular weight is 214 g/mol. The highest BCUT2D eigenvalue weighted by atomic mass is 35.5. The van der Waals surface area contributed by atoms with Crippen LogP contribution >= 0.6 is 11.6 Å². The Kier molecular flexibility index (Phi) is 2.46. The Morgan fingerprint density at radius 2 is 2.50 bits per heavy atom. The van der Waals surface area contributed by atoms with E-state index >= 15 is 0 Å². The standard InChI is InChI=1S/C9H12ClN3O/c1-6-2-3-13(5-6)7-4-11-12-9(14)8(7)10/h4,6H,2-3,5H2,1H3,(H,12,14). The van der Waals surface area contributed by atoms with Crippen molar-refractivity contribution in [1.82, 2.24) is 10.2 Å². The van der Waals surface area contributed by atoms with Crippen molar-refractivity contribution >= 4 is 17.3 Å². The van der Waals surface area contributed by atoms with Gasteiger partial charge >= 0.3 is 0 Å². The normalized spacial score (nSPS) is 21.6. The van der Waals surface area contributed by atoms with Crippen molar-refractivity contribution in [3.63, 3.8) is 0 Å². The molecule has 1 fully saturated rings. The van der Waals surface area contributed by atoms with Gasteiger partial charge in [-0.1, -0.05) is 18.5 Å². The highest BCUT2D eigenvalue weighted by Gasteiger charge is 2.21. The molecule has 14 heavy (non-hydrogen) atoms. The summed E-state index contributed by atoms with van der Waals surface area (Å²) in [4.78, 5) is 13.3. The number of aromatic nitrogens is 2. The fourth-order valence-electron chi connectivity index (χ4n) is 1.75. The highest BCUT2D eigenvalue weighted by Crippen LogP contribution is 2.26. The monoisotopic (exact) mass is 213 g/mol. The summed E-state index contributed by atoms with van der Waals surface area (Å²) < 4.78 is 0. The third-order valence-electron chi connectivity index (χ3n) is 2.54. The lowest BCUT2D eigenvalue weighted by atomic mass is 10.2. The molecule has 1 unspecified atom stereocenters. The van der Waals surface area contributed by atoms with Crippen molar-refractivity contribution in [2.24, 2.45) is 5.92 Å². The summed E-state index contributed by atoms with van der Waals surface area (Å²) in [5.74, 6) is 0.658. The molecule has 4 nitrogen and oxygen atoms in total. The summed E-state index contributed by atoms with van der Waals surface area (Å²) in [5, 5.41) is 6.31. The molecule has 0 spiro atoms. The van der Waals surface area contributed by atoms with Crippen molar-refractivity contribution in [2.75, 3.05) is 18.0 Å². The van der Waals surface area contributed by atoms with Crippen molar-refractivity contribution in [3.8, 4) is 0 Å². The molecule has 76 valence electrons. The molecule has 0 aliphatic carbocycles. The number of anilines is 1. The van der Waals surface area contributed by atoms with Crippen LogP contribution in [0.2, 0.25) is 5.02 Å². The van der Waals surface area contributed by atoms with Gasteiger partial charge in [0.15, 0.2) is 0 Å². The Balaban J connectivity index is 2.33. The van der Waals surface area contributed by atoms with Gasteiger partial charge < -0.3 is 4.90 Å². The summed E-state index contributed by atoms with van der Waals surface area (Å²) in [6, 6.07) is 0. The van der Waals surface area contributed by atoms with Gasteiger partial charge in [-0.3, -0.25) is 4.79 Å². The smallest absolute Gasteiger partial charge is 0.285 e. The number of H-pyrrole nitrogens is 1. The van der Waals surface area contributed by atoms with Crippen molar-refractivity contribution in [2.45, 2.75) is 13.3 Å². The molecule has 1 aliphatic rings. The number of rotatable bonds is 1. The first-order chi connectivity index (χ1) is 6.68. The fourth-order valence-corrected chi connectivity index (χ4v) is 1.96. The second-order valence-electron chi connectivity index (χ2n) is 3.74. The second kappa shape index (κ2) is 3.61. The summed E-state index contributed by atoms with van der Waals surface area (Å²) in [7, 11) is 0. The topological polar surface area (TPSA) is 49.0 Å². The molecule has 1 N–H and O–H groups in total. The van der Waals surface area contributed by atoms with Gasteiger partial charge in [-0.15, -0.1) is 0 Å². The maximum absolute atomic E-state index is 11.2. The zero-order valence-electron chi connectivity index (χ0n) is 7.96. The lowest BCUT2D eigenvalue weighted by Crippen LogP contribution is -2.23. The SMILES string of the molecule is CC1CCN(c2cn[nH]c(=O)c2Cl)C1. The van der Waals surface area contributed by atoms with Crippen LogP contribution in [0.1, 0.15) is 13.3 Å². The van der Waals surface area contributed by atoms with Crippen LogP contribution in [0.25, 0.3) is 0 Å². The number of hydrogen-bond acceptors (Lipinski definition) is 3. The zero-order valence-corrected chi connectivity index (χ0v) is 8.71. The number of aromatic amines is 1. The molecule has 1 aliphatic heterocycles. The molecule has 0 bridgehead atoms. The van der Waals surface area contributed by atoms with Gasteiger partial charge in [0.1, 0.15) is 5.02 Å². The number of nitrogens with zero attached hydrogens (tertiary/aromatic N) is 2. The summed E-state index contributed by atoms with van der Waals surface area (Å²) in [6.45, 7) is 4.09. The van der Waals surface area contributed by atoms with Gasteiger partial charge in [0.05, 0.1) is 11.9 Å². The van der Waals surface area contributed by atoms with Gasteiger partial charge in [0, 0.05) is 13.1 Å². The molecular formula is C9H12ClN3O. The molecule has 0 amide bonds. The van der Waals surface area contributed by atoms with E-state index in [0.29, 0.717) is 5.92 Å². The first kappa shape index (κ1) is 9.52. The molecule has 5 heteroatoms. The number of halogens is 1. The average Bonchev–Trinajstić information content (AvgIpc) is 2.57. The first-order valence-electron chi connectivity index (χ1n) is 4.66. The Hall–Kier alpha value is -1.03. The van der Waals surface area contributed by atoms with E-state index in [4.69, 9.17) is 11.6 Å². The van der Waals surface area contributed by atoms with Crippen molar-refractivity contribution < 1.29 is 0 Å². The van der Waals surface area contributed by atoms with Crippen LogP contribution in [-0.4, -0.2) is 23.3 Å². The molecular weight excluding hydrogens is 202 g/mol. The predicted molar refractivity (Wildman–Crippen MR) is 55.9 cm³/mol. The van der Waals surface area contributed by atoms with E-state index in [1.165, 1.54) is 0 Å². The Bertz CT molecular complexity index is 390. The van der Waals surface area contributed by atoms with E-state index in [1.807, 2.05) is 0 Å². The zero-order chi connectivity index (χ0) is 10.1. The van der Waals surface area contributed by atoms with E-state index in [1.54, 1.807) is 6.20 Å². The van der Waals surface area contributed by atoms with Crippen LogP contribution < -0.4 is 10.5 Å². The van der Waals surface area contributed by atoms with Crippen molar-refractivity contribution in [3.05, 3.63) is 21.6 Å². The van der Waals surface area contributed by atoms with Crippen LogP contribution in [0.3, 0.4) is 0 Å². The molecule has 1 aromatic heterocycles. The molecule has 1 saturated heterocycles. The molecule has 1 aromatic rings. The van der Waals surface area contributed by atoms with E-state index < -0.39 is 0 Å². The molecule has 0 aromatic carbocycles. The minimum Gasteiger partial charge on any atom is -0.369 e. The Morgan fingerprint density at radius 3 is 3.14 bits per heavy atom. The molecule has 0 saturated carbocycles. The summed E-state index contributed by atoms with van der Waals surface area (Å²) in [6.07, 6.45) is 2.75. The fraction of sp³-hybridized carbons (Fsp3) is 0.556. The van der Waals surface area contributed by atoms with E-state index in [9.17, 15) is 4.79 Å². The second-order valence-corrected chi connectivity index (χ2v) is 4.12.